The molecule has 3 heterocycles. The number of aromatic amines is 1. The normalized spacial score (nSPS) is 21.6. The molecule has 2 aromatic carbocycles. The van der Waals surface area contributed by atoms with Gasteiger partial charge in [-0.25, -0.2) is 9.98 Å². The number of nitrogens with zero attached hydrogens (tertiary/aromatic N) is 5. The lowest BCUT2D eigenvalue weighted by Crippen LogP contribution is -2.67. The van der Waals surface area contributed by atoms with Crippen molar-refractivity contribution in [2.24, 2.45) is 4.99 Å². The molecule has 2 aromatic heterocycles. The van der Waals surface area contributed by atoms with Gasteiger partial charge in [0.15, 0.2) is 17.4 Å². The molecule has 1 aliphatic rings. The van der Waals surface area contributed by atoms with Crippen LogP contribution in [0.3, 0.4) is 0 Å². The Morgan fingerprint density at radius 1 is 1.07 bits per heavy atom. The van der Waals surface area contributed by atoms with E-state index in [4.69, 9.17) is 9.16 Å². The lowest BCUT2D eigenvalue weighted by Gasteiger charge is -2.43. The second-order valence-corrected chi connectivity index (χ2v) is 15.7. The first-order valence-corrected chi connectivity index (χ1v) is 15.4. The maximum atomic E-state index is 12.6. The van der Waals surface area contributed by atoms with Gasteiger partial charge in [-0.1, -0.05) is 81.4 Å². The Bertz CT molecular complexity index is 1530. The van der Waals surface area contributed by atoms with Crippen LogP contribution in [-0.2, 0) is 9.16 Å². The summed E-state index contributed by atoms with van der Waals surface area (Å²) in [4.78, 5) is 29.7. The number of ether oxygens (including phenoxy) is 1. The smallest absolute Gasteiger partial charge is 0.280 e. The molecule has 12 heteroatoms. The third-order valence-electron chi connectivity index (χ3n) is 7.32. The van der Waals surface area contributed by atoms with E-state index in [1.54, 1.807) is 19.0 Å². The maximum absolute atomic E-state index is 12.6. The number of aliphatic imine (C=N–C) groups is 1. The number of benzene rings is 2. The topological polar surface area (TPSA) is 138 Å². The Morgan fingerprint density at radius 2 is 1.68 bits per heavy atom. The molecule has 1 fully saturated rings. The molecule has 216 valence electrons. The number of H-pyrrole nitrogens is 1. The summed E-state index contributed by atoms with van der Waals surface area (Å²) in [6, 6.07) is 20.3. The number of aliphatic hydroxyl groups excluding tert-OH is 2. The summed E-state index contributed by atoms with van der Waals surface area (Å²) in [5.74, 6) is 0.0811. The number of rotatable bonds is 8. The molecule has 1 aliphatic heterocycles. The van der Waals surface area contributed by atoms with Gasteiger partial charge in [0.1, 0.15) is 18.3 Å². The van der Waals surface area contributed by atoms with Crippen molar-refractivity contribution < 1.29 is 19.4 Å². The highest BCUT2D eigenvalue weighted by Gasteiger charge is 2.52. The Hall–Kier alpha value is -3.68. The highest BCUT2D eigenvalue weighted by molar-refractivity contribution is 6.99. The standard InChI is InChI=1S/C29H36N6O5Si/c1-29(2,3)41(19-12-8-6-9-13-19,20-14-10-7-11-15-20)39-16-21-23(36)24(37)27(40-21)35-18-30-22-25(35)32-28(33-26(22)38)31-17-34(4)5/h6-15,17-18,21,23-24,27,36-37H,16H2,1-5H3,(H,32,33,38)/b31-17+/t21-,23-,24-,27-/m1/s1. The van der Waals surface area contributed by atoms with E-state index in [-0.39, 0.29) is 28.8 Å². The molecule has 0 spiro atoms. The highest BCUT2D eigenvalue weighted by atomic mass is 28.4. The van der Waals surface area contributed by atoms with Crippen molar-refractivity contribution in [3.8, 4) is 0 Å². The minimum atomic E-state index is -2.90. The van der Waals surface area contributed by atoms with Crippen LogP contribution in [0.25, 0.3) is 11.2 Å². The molecule has 0 unspecified atom stereocenters. The van der Waals surface area contributed by atoms with Crippen LogP contribution in [0.1, 0.15) is 27.0 Å². The van der Waals surface area contributed by atoms with Crippen molar-refractivity contribution in [1.82, 2.24) is 24.4 Å². The first-order chi connectivity index (χ1) is 19.5. The van der Waals surface area contributed by atoms with Crippen LogP contribution in [0.15, 0.2) is 76.8 Å². The zero-order valence-corrected chi connectivity index (χ0v) is 24.8. The molecule has 0 radical (unpaired) electrons. The summed E-state index contributed by atoms with van der Waals surface area (Å²) in [6.45, 7) is 6.54. The zero-order valence-electron chi connectivity index (χ0n) is 23.8. The van der Waals surface area contributed by atoms with Gasteiger partial charge in [0.25, 0.3) is 13.9 Å². The third kappa shape index (κ3) is 5.36. The third-order valence-corrected chi connectivity index (χ3v) is 12.3. The summed E-state index contributed by atoms with van der Waals surface area (Å²) in [5, 5.41) is 24.1. The van der Waals surface area contributed by atoms with E-state index in [9.17, 15) is 15.0 Å². The molecule has 4 aromatic rings. The number of fused-ring (bicyclic) bond motifs is 1. The van der Waals surface area contributed by atoms with Crippen molar-refractivity contribution in [3.63, 3.8) is 0 Å². The molecule has 0 amide bonds. The summed E-state index contributed by atoms with van der Waals surface area (Å²) < 4.78 is 14.6. The number of hydrogen-bond donors (Lipinski definition) is 3. The van der Waals surface area contributed by atoms with Gasteiger partial charge < -0.3 is 24.3 Å². The Balaban J connectivity index is 1.47. The first-order valence-electron chi connectivity index (χ1n) is 13.5. The van der Waals surface area contributed by atoms with E-state index >= 15 is 0 Å². The van der Waals surface area contributed by atoms with Gasteiger partial charge in [0, 0.05) is 14.1 Å². The van der Waals surface area contributed by atoms with Crippen LogP contribution in [0.2, 0.25) is 5.04 Å². The number of aromatic nitrogens is 4. The van der Waals surface area contributed by atoms with Crippen LogP contribution in [-0.4, -0.2) is 88.3 Å². The lowest BCUT2D eigenvalue weighted by atomic mass is 10.1. The monoisotopic (exact) mass is 576 g/mol. The quantitative estimate of drug-likeness (QED) is 0.163. The average molecular weight is 577 g/mol. The van der Waals surface area contributed by atoms with Gasteiger partial charge in [-0.3, -0.25) is 14.3 Å². The summed E-state index contributed by atoms with van der Waals surface area (Å²) in [6.07, 6.45) is -1.56. The molecule has 3 N–H and O–H groups in total. The van der Waals surface area contributed by atoms with Crippen molar-refractivity contribution in [2.75, 3.05) is 20.7 Å². The molecule has 5 rings (SSSR count). The van der Waals surface area contributed by atoms with Gasteiger partial charge in [-0.2, -0.15) is 4.98 Å². The van der Waals surface area contributed by atoms with E-state index in [1.165, 1.54) is 17.2 Å². The summed E-state index contributed by atoms with van der Waals surface area (Å²) in [5.41, 5.74) is -0.213. The number of imidazole rings is 1. The fraction of sp³-hybridized carbons (Fsp3) is 0.379. The van der Waals surface area contributed by atoms with Crippen LogP contribution >= 0.6 is 0 Å². The van der Waals surface area contributed by atoms with E-state index in [0.717, 1.165) is 10.4 Å². The summed E-state index contributed by atoms with van der Waals surface area (Å²) >= 11 is 0. The van der Waals surface area contributed by atoms with Crippen molar-refractivity contribution in [3.05, 3.63) is 77.3 Å². The fourth-order valence-corrected chi connectivity index (χ4v) is 9.97. The highest BCUT2D eigenvalue weighted by Crippen LogP contribution is 2.38. The minimum absolute atomic E-state index is 0.0427. The van der Waals surface area contributed by atoms with Gasteiger partial charge in [-0.15, -0.1) is 0 Å². The molecular weight excluding hydrogens is 540 g/mol. The fourth-order valence-electron chi connectivity index (χ4n) is 5.40. The van der Waals surface area contributed by atoms with E-state index in [1.807, 2.05) is 36.4 Å². The second-order valence-electron chi connectivity index (χ2n) is 11.4. The zero-order chi connectivity index (χ0) is 29.4. The molecule has 11 nitrogen and oxygen atoms in total. The van der Waals surface area contributed by atoms with Crippen molar-refractivity contribution >= 4 is 42.1 Å². The molecular formula is C29H36N6O5Si. The van der Waals surface area contributed by atoms with Crippen molar-refractivity contribution in [2.45, 2.75) is 50.3 Å². The molecule has 1 saturated heterocycles. The van der Waals surface area contributed by atoms with Crippen LogP contribution in [0, 0.1) is 0 Å². The summed E-state index contributed by atoms with van der Waals surface area (Å²) in [7, 11) is 0.687. The molecule has 4 atom stereocenters. The predicted molar refractivity (Wildman–Crippen MR) is 159 cm³/mol. The molecule has 0 aliphatic carbocycles. The van der Waals surface area contributed by atoms with Gasteiger partial charge >= 0.3 is 0 Å². The average Bonchev–Trinajstić information content (AvgIpc) is 3.49. The van der Waals surface area contributed by atoms with Gasteiger partial charge in [0.2, 0.25) is 5.95 Å². The lowest BCUT2D eigenvalue weighted by molar-refractivity contribution is -0.0486. The maximum Gasteiger partial charge on any atom is 0.280 e. The molecule has 0 bridgehead atoms. The predicted octanol–water partition coefficient (Wildman–Crippen LogP) is 1.54. The van der Waals surface area contributed by atoms with Crippen LogP contribution < -0.4 is 15.9 Å². The molecule has 41 heavy (non-hydrogen) atoms. The van der Waals surface area contributed by atoms with E-state index in [2.05, 4.69) is 65.0 Å². The Morgan fingerprint density at radius 3 is 2.24 bits per heavy atom. The van der Waals surface area contributed by atoms with Crippen molar-refractivity contribution in [1.29, 1.82) is 0 Å². The Labute approximate surface area is 239 Å². The van der Waals surface area contributed by atoms with Gasteiger partial charge in [0.05, 0.1) is 19.3 Å². The van der Waals surface area contributed by atoms with E-state index < -0.39 is 38.4 Å². The minimum Gasteiger partial charge on any atom is -0.405 e. The van der Waals surface area contributed by atoms with E-state index in [0.29, 0.717) is 0 Å². The number of aliphatic hydroxyl groups is 2. The van der Waals surface area contributed by atoms with Crippen LogP contribution in [0.5, 0.6) is 0 Å². The number of nitrogens with one attached hydrogen (secondary N) is 1. The Kier molecular flexibility index (Phi) is 7.95. The first kappa shape index (κ1) is 28.8. The SMILES string of the molecule is CN(C)/C=N/c1nc2c(ncn2[C@@H]2O[C@H](CO[Si](c3ccccc3)(c3ccccc3)C(C)(C)C)[C@@H](O)[C@H]2O)c(=O)[nH]1. The molecule has 0 saturated carbocycles. The van der Waals surface area contributed by atoms with Gasteiger partial charge in [-0.05, 0) is 15.4 Å². The second kappa shape index (κ2) is 11.3. The number of hydrogen-bond acceptors (Lipinski definition) is 8. The largest absolute Gasteiger partial charge is 0.405 e. The van der Waals surface area contributed by atoms with Crippen LogP contribution in [0.4, 0.5) is 5.95 Å².